The fourth-order valence-corrected chi connectivity index (χ4v) is 3.05. The Bertz CT molecular complexity index is 642. The van der Waals surface area contributed by atoms with Gasteiger partial charge < -0.3 is 16.0 Å². The van der Waals surface area contributed by atoms with Crippen LogP contribution in [0, 0.1) is 13.8 Å². The van der Waals surface area contributed by atoms with E-state index >= 15 is 0 Å². The number of amides is 1. The van der Waals surface area contributed by atoms with E-state index in [0.717, 1.165) is 5.69 Å². The van der Waals surface area contributed by atoms with E-state index in [4.69, 9.17) is 5.73 Å². The number of nitrogens with one attached hydrogen (secondary N) is 1. The molecule has 1 heterocycles. The molecule has 0 aliphatic carbocycles. The van der Waals surface area contributed by atoms with E-state index in [9.17, 15) is 4.79 Å². The molecular formula is C16H21N3OS. The molecule has 2 aromatic rings. The lowest BCUT2D eigenvalue weighted by Gasteiger charge is -2.15. The molecule has 0 saturated carbocycles. The second-order valence-corrected chi connectivity index (χ2v) is 6.65. The van der Waals surface area contributed by atoms with Gasteiger partial charge in [-0.05, 0) is 43.7 Å². The lowest BCUT2D eigenvalue weighted by Crippen LogP contribution is -2.23. The maximum atomic E-state index is 12.2. The monoisotopic (exact) mass is 303 g/mol. The van der Waals surface area contributed by atoms with Crippen molar-refractivity contribution in [3.05, 3.63) is 45.1 Å². The highest BCUT2D eigenvalue weighted by molar-refractivity contribution is 7.12. The summed E-state index contributed by atoms with van der Waals surface area (Å²) in [5.74, 6) is -0.0314. The first kappa shape index (κ1) is 15.4. The summed E-state index contributed by atoms with van der Waals surface area (Å²) in [5, 5.41) is 3.33. The van der Waals surface area contributed by atoms with Crippen LogP contribution in [0.4, 0.5) is 11.4 Å². The second kappa shape index (κ2) is 6.18. The zero-order valence-corrected chi connectivity index (χ0v) is 13.7. The Morgan fingerprint density at radius 2 is 2.00 bits per heavy atom. The molecule has 0 atom stereocenters. The van der Waals surface area contributed by atoms with Crippen LogP contribution in [0.25, 0.3) is 0 Å². The van der Waals surface area contributed by atoms with Crippen molar-refractivity contribution in [3.63, 3.8) is 0 Å². The molecule has 1 amide bonds. The Kier molecular flexibility index (Phi) is 4.53. The molecule has 3 N–H and O–H groups in total. The highest BCUT2D eigenvalue weighted by atomic mass is 32.1. The van der Waals surface area contributed by atoms with Crippen LogP contribution in [-0.4, -0.2) is 24.9 Å². The van der Waals surface area contributed by atoms with Gasteiger partial charge in [0.15, 0.2) is 0 Å². The van der Waals surface area contributed by atoms with E-state index in [2.05, 4.69) is 25.2 Å². The van der Waals surface area contributed by atoms with Gasteiger partial charge in [0.25, 0.3) is 5.91 Å². The van der Waals surface area contributed by atoms with E-state index in [1.807, 2.05) is 6.07 Å². The fraction of sp³-hybridized carbons (Fsp3) is 0.312. The maximum Gasteiger partial charge on any atom is 0.255 e. The van der Waals surface area contributed by atoms with Gasteiger partial charge in [0, 0.05) is 41.8 Å². The molecule has 1 aromatic carbocycles. The van der Waals surface area contributed by atoms with E-state index in [-0.39, 0.29) is 5.91 Å². The predicted octanol–water partition coefficient (Wildman–Crippen LogP) is 3.26. The number of nitrogen functional groups attached to an aromatic ring is 1. The highest BCUT2D eigenvalue weighted by Crippen LogP contribution is 2.24. The van der Waals surface area contributed by atoms with Crippen molar-refractivity contribution in [2.24, 2.45) is 0 Å². The largest absolute Gasteiger partial charge is 0.399 e. The number of rotatable bonds is 4. The molecule has 21 heavy (non-hydrogen) atoms. The minimum atomic E-state index is -0.0314. The van der Waals surface area contributed by atoms with Crippen molar-refractivity contribution in [2.75, 3.05) is 25.1 Å². The average molecular weight is 303 g/mol. The molecule has 0 radical (unpaired) electrons. The first-order chi connectivity index (χ1) is 9.88. The number of nitrogens with two attached hydrogens (primary N) is 1. The molecule has 4 nitrogen and oxygen atoms in total. The summed E-state index contributed by atoms with van der Waals surface area (Å²) in [6, 6.07) is 7.50. The molecule has 112 valence electrons. The van der Waals surface area contributed by atoms with Crippen molar-refractivity contribution in [3.8, 4) is 0 Å². The van der Waals surface area contributed by atoms with Gasteiger partial charge in [-0.25, -0.2) is 0 Å². The van der Waals surface area contributed by atoms with E-state index in [1.165, 1.54) is 15.3 Å². The minimum absolute atomic E-state index is 0.0314. The molecule has 0 fully saturated rings. The van der Waals surface area contributed by atoms with Crippen LogP contribution in [0.2, 0.25) is 0 Å². The first-order valence-corrected chi connectivity index (χ1v) is 7.61. The van der Waals surface area contributed by atoms with E-state index in [1.54, 1.807) is 42.5 Å². The maximum absolute atomic E-state index is 12.2. The molecule has 0 bridgehead atoms. The van der Waals surface area contributed by atoms with Crippen LogP contribution >= 0.6 is 11.3 Å². The summed E-state index contributed by atoms with van der Waals surface area (Å²) < 4.78 is 0. The molecule has 5 heteroatoms. The number of aryl methyl sites for hydroxylation is 2. The molecule has 0 aliphatic heterocycles. The standard InChI is InChI=1S/C16H21N3OS/c1-10-7-13(21-11(10)2)9-18-15-8-12(17)5-6-14(15)16(20)19(3)4/h5-8,18H,9,17H2,1-4H3. The summed E-state index contributed by atoms with van der Waals surface area (Å²) >= 11 is 1.77. The number of carbonyl (C=O) groups excluding carboxylic acids is 1. The van der Waals surface area contributed by atoms with Crippen LogP contribution in [0.1, 0.15) is 25.7 Å². The lowest BCUT2D eigenvalue weighted by atomic mass is 10.1. The quantitative estimate of drug-likeness (QED) is 0.852. The number of anilines is 2. The zero-order chi connectivity index (χ0) is 15.6. The normalized spacial score (nSPS) is 10.5. The van der Waals surface area contributed by atoms with Crippen molar-refractivity contribution in [2.45, 2.75) is 20.4 Å². The van der Waals surface area contributed by atoms with Gasteiger partial charge in [-0.15, -0.1) is 11.3 Å². The molecular weight excluding hydrogens is 282 g/mol. The second-order valence-electron chi connectivity index (χ2n) is 5.31. The van der Waals surface area contributed by atoms with Gasteiger partial charge in [0.2, 0.25) is 0 Å². The van der Waals surface area contributed by atoms with Crippen molar-refractivity contribution in [1.29, 1.82) is 0 Å². The fourth-order valence-electron chi connectivity index (χ4n) is 2.05. The number of hydrogen-bond donors (Lipinski definition) is 2. The Balaban J connectivity index is 2.22. The number of thiophene rings is 1. The van der Waals surface area contributed by atoms with Crippen LogP contribution in [0.15, 0.2) is 24.3 Å². The van der Waals surface area contributed by atoms with Gasteiger partial charge in [-0.1, -0.05) is 0 Å². The molecule has 0 aliphatic rings. The Morgan fingerprint density at radius 1 is 1.29 bits per heavy atom. The Morgan fingerprint density at radius 3 is 2.57 bits per heavy atom. The van der Waals surface area contributed by atoms with Crippen molar-refractivity contribution >= 4 is 28.6 Å². The predicted molar refractivity (Wildman–Crippen MR) is 90.0 cm³/mol. The van der Waals surface area contributed by atoms with Gasteiger partial charge in [-0.3, -0.25) is 4.79 Å². The Labute approximate surface area is 129 Å². The third-order valence-electron chi connectivity index (χ3n) is 3.35. The highest BCUT2D eigenvalue weighted by Gasteiger charge is 2.13. The SMILES string of the molecule is Cc1cc(CNc2cc(N)ccc2C(=O)N(C)C)sc1C. The smallest absolute Gasteiger partial charge is 0.255 e. The van der Waals surface area contributed by atoms with E-state index in [0.29, 0.717) is 17.8 Å². The number of benzene rings is 1. The summed E-state index contributed by atoms with van der Waals surface area (Å²) in [6.45, 7) is 4.92. The van der Waals surface area contributed by atoms with Crippen LogP contribution in [0.3, 0.4) is 0 Å². The summed E-state index contributed by atoms with van der Waals surface area (Å²) in [6.07, 6.45) is 0. The number of nitrogens with zero attached hydrogens (tertiary/aromatic N) is 1. The molecule has 0 unspecified atom stereocenters. The third-order valence-corrected chi connectivity index (χ3v) is 4.50. The van der Waals surface area contributed by atoms with Gasteiger partial charge in [-0.2, -0.15) is 0 Å². The van der Waals surface area contributed by atoms with Crippen molar-refractivity contribution < 1.29 is 4.79 Å². The van der Waals surface area contributed by atoms with Gasteiger partial charge >= 0.3 is 0 Å². The van der Waals surface area contributed by atoms with Crippen LogP contribution in [0.5, 0.6) is 0 Å². The molecule has 1 aromatic heterocycles. The van der Waals surface area contributed by atoms with Crippen molar-refractivity contribution in [1.82, 2.24) is 4.90 Å². The molecule has 2 rings (SSSR count). The van der Waals surface area contributed by atoms with Crippen LogP contribution in [-0.2, 0) is 6.54 Å². The van der Waals surface area contributed by atoms with E-state index < -0.39 is 0 Å². The number of hydrogen-bond acceptors (Lipinski definition) is 4. The minimum Gasteiger partial charge on any atom is -0.399 e. The average Bonchev–Trinajstić information content (AvgIpc) is 2.75. The molecule has 0 saturated heterocycles. The summed E-state index contributed by atoms with van der Waals surface area (Å²) in [4.78, 5) is 16.3. The Hall–Kier alpha value is -2.01. The van der Waals surface area contributed by atoms with Crippen LogP contribution < -0.4 is 11.1 Å². The number of carbonyl (C=O) groups is 1. The summed E-state index contributed by atoms with van der Waals surface area (Å²) in [5.41, 5.74) is 9.20. The molecule has 0 spiro atoms. The van der Waals surface area contributed by atoms with Gasteiger partial charge in [0.05, 0.1) is 5.56 Å². The topological polar surface area (TPSA) is 58.4 Å². The zero-order valence-electron chi connectivity index (χ0n) is 12.9. The first-order valence-electron chi connectivity index (χ1n) is 6.79. The lowest BCUT2D eigenvalue weighted by molar-refractivity contribution is 0.0828. The van der Waals surface area contributed by atoms with Gasteiger partial charge in [0.1, 0.15) is 0 Å². The summed E-state index contributed by atoms with van der Waals surface area (Å²) in [7, 11) is 3.49. The third kappa shape index (κ3) is 3.55.